The number of hydrogen-bond donors (Lipinski definition) is 1. The molecule has 7 nitrogen and oxygen atoms in total. The molecule has 1 amide bonds. The Morgan fingerprint density at radius 3 is 2.33 bits per heavy atom. The summed E-state index contributed by atoms with van der Waals surface area (Å²) in [6, 6.07) is 14.9. The molecule has 8 heteroatoms. The van der Waals surface area contributed by atoms with Crippen molar-refractivity contribution in [2.45, 2.75) is 19.8 Å². The van der Waals surface area contributed by atoms with E-state index in [1.54, 1.807) is 26.2 Å². The van der Waals surface area contributed by atoms with Crippen LogP contribution in [0.25, 0.3) is 10.4 Å². The molecule has 2 aromatic carbocycles. The maximum Gasteiger partial charge on any atom is 0.311 e. The molecule has 0 aliphatic heterocycles. The molecule has 0 unspecified atom stereocenters. The summed E-state index contributed by atoms with van der Waals surface area (Å²) in [6.45, 7) is 2.14. The average Bonchev–Trinajstić information content (AvgIpc) is 3.27. The fourth-order valence-corrected chi connectivity index (χ4v) is 4.48. The fourth-order valence-electron chi connectivity index (χ4n) is 3.45. The molecule has 0 atom stereocenters. The summed E-state index contributed by atoms with van der Waals surface area (Å²) in [5, 5.41) is 2.99. The Kier molecular flexibility index (Phi) is 8.32. The molecule has 174 valence electrons. The van der Waals surface area contributed by atoms with Crippen LogP contribution in [0.5, 0.6) is 17.2 Å². The number of anilines is 1. The summed E-state index contributed by atoms with van der Waals surface area (Å²) >= 11 is 1.50. The van der Waals surface area contributed by atoms with Crippen LogP contribution in [0.2, 0.25) is 0 Å². The Morgan fingerprint density at radius 2 is 1.64 bits per heavy atom. The number of para-hydroxylation sites is 1. The van der Waals surface area contributed by atoms with E-state index < -0.39 is 0 Å². The average molecular weight is 470 g/mol. The first-order valence-electron chi connectivity index (χ1n) is 10.4. The molecule has 0 radical (unpaired) electrons. The van der Waals surface area contributed by atoms with Gasteiger partial charge in [0.05, 0.1) is 40.8 Å². The summed E-state index contributed by atoms with van der Waals surface area (Å²) < 4.78 is 21.2. The maximum absolute atomic E-state index is 12.9. The van der Waals surface area contributed by atoms with Crippen LogP contribution in [0.4, 0.5) is 5.69 Å². The first-order valence-corrected chi connectivity index (χ1v) is 11.2. The summed E-state index contributed by atoms with van der Waals surface area (Å²) in [6.07, 6.45) is 0.322. The van der Waals surface area contributed by atoms with Gasteiger partial charge in [-0.25, -0.2) is 0 Å². The Balaban J connectivity index is 1.79. The molecule has 0 saturated carbocycles. The normalized spacial score (nSPS) is 10.4. The molecule has 0 fully saturated rings. The number of ether oxygens (including phenoxy) is 4. The fraction of sp³-hybridized carbons (Fsp3) is 0.280. The van der Waals surface area contributed by atoms with Gasteiger partial charge in [-0.3, -0.25) is 9.59 Å². The second kappa shape index (κ2) is 11.4. The van der Waals surface area contributed by atoms with Gasteiger partial charge < -0.3 is 24.3 Å². The number of esters is 1. The Hall–Kier alpha value is -3.52. The number of nitrogens with one attached hydrogen (secondary N) is 1. The van der Waals surface area contributed by atoms with E-state index in [4.69, 9.17) is 18.9 Å². The zero-order chi connectivity index (χ0) is 23.8. The first kappa shape index (κ1) is 24.1. The molecule has 0 aliphatic carbocycles. The maximum atomic E-state index is 12.9. The number of methoxy groups -OCH3 is 3. The van der Waals surface area contributed by atoms with Crippen molar-refractivity contribution in [1.29, 1.82) is 0 Å². The topological polar surface area (TPSA) is 83.1 Å². The van der Waals surface area contributed by atoms with Crippen molar-refractivity contribution in [2.24, 2.45) is 0 Å². The SMILES string of the molecule is CCOC(=O)Cc1ccc(-c2ccccc2NC(=O)Cc2ccc(OC)c(OC)c2OC)s1. The Labute approximate surface area is 197 Å². The van der Waals surface area contributed by atoms with Gasteiger partial charge in [-0.1, -0.05) is 24.3 Å². The molecule has 33 heavy (non-hydrogen) atoms. The van der Waals surface area contributed by atoms with E-state index >= 15 is 0 Å². The van der Waals surface area contributed by atoms with Crippen LogP contribution in [0, 0.1) is 0 Å². The highest BCUT2D eigenvalue weighted by molar-refractivity contribution is 7.15. The van der Waals surface area contributed by atoms with Gasteiger partial charge in [-0.2, -0.15) is 0 Å². The van der Waals surface area contributed by atoms with Crippen molar-refractivity contribution in [3.63, 3.8) is 0 Å². The van der Waals surface area contributed by atoms with Gasteiger partial charge in [0.2, 0.25) is 11.7 Å². The van der Waals surface area contributed by atoms with Crippen LogP contribution < -0.4 is 19.5 Å². The highest BCUT2D eigenvalue weighted by Gasteiger charge is 2.19. The van der Waals surface area contributed by atoms with Gasteiger partial charge in [0.1, 0.15) is 0 Å². The second-order valence-electron chi connectivity index (χ2n) is 7.01. The monoisotopic (exact) mass is 469 g/mol. The highest BCUT2D eigenvalue weighted by Crippen LogP contribution is 2.40. The van der Waals surface area contributed by atoms with Crippen molar-refractivity contribution >= 4 is 28.9 Å². The predicted octanol–water partition coefficient (Wildman–Crippen LogP) is 4.73. The van der Waals surface area contributed by atoms with Crippen molar-refractivity contribution in [3.05, 3.63) is 59.0 Å². The summed E-state index contributed by atoms with van der Waals surface area (Å²) in [5.74, 6) is 0.980. The number of rotatable bonds is 10. The standard InChI is InChI=1S/C25H27NO6S/c1-5-32-23(28)15-17-11-13-21(33-17)18-8-6-7-9-19(18)26-22(27)14-16-10-12-20(29-2)25(31-4)24(16)30-3/h6-13H,5,14-15H2,1-4H3,(H,26,27). The number of hydrogen-bond acceptors (Lipinski definition) is 7. The van der Waals surface area contributed by atoms with Crippen LogP contribution in [-0.4, -0.2) is 39.8 Å². The minimum atomic E-state index is -0.253. The Bertz CT molecular complexity index is 1120. The highest BCUT2D eigenvalue weighted by atomic mass is 32.1. The smallest absolute Gasteiger partial charge is 0.311 e. The zero-order valence-corrected chi connectivity index (χ0v) is 19.9. The summed E-state index contributed by atoms with van der Waals surface area (Å²) in [5.41, 5.74) is 2.25. The molecule has 0 saturated heterocycles. The third-order valence-electron chi connectivity index (χ3n) is 4.89. The van der Waals surface area contributed by atoms with Gasteiger partial charge >= 0.3 is 5.97 Å². The van der Waals surface area contributed by atoms with Crippen molar-refractivity contribution in [2.75, 3.05) is 33.3 Å². The molecule has 0 spiro atoms. The van der Waals surface area contributed by atoms with Gasteiger partial charge in [0, 0.05) is 26.6 Å². The number of amides is 1. The minimum Gasteiger partial charge on any atom is -0.493 e. The Morgan fingerprint density at radius 1 is 0.879 bits per heavy atom. The zero-order valence-electron chi connectivity index (χ0n) is 19.1. The third kappa shape index (κ3) is 5.84. The largest absolute Gasteiger partial charge is 0.493 e. The number of carbonyl (C=O) groups is 2. The van der Waals surface area contributed by atoms with Crippen molar-refractivity contribution < 1.29 is 28.5 Å². The van der Waals surface area contributed by atoms with Crippen LogP contribution in [-0.2, 0) is 27.2 Å². The summed E-state index contributed by atoms with van der Waals surface area (Å²) in [4.78, 5) is 26.6. The molecule has 1 N–H and O–H groups in total. The molecular formula is C25H27NO6S. The minimum absolute atomic E-state index is 0.0937. The number of thiophene rings is 1. The predicted molar refractivity (Wildman–Crippen MR) is 129 cm³/mol. The lowest BCUT2D eigenvalue weighted by atomic mass is 10.1. The lowest BCUT2D eigenvalue weighted by Gasteiger charge is -2.16. The molecule has 1 aromatic heterocycles. The van der Waals surface area contributed by atoms with E-state index in [1.165, 1.54) is 25.6 Å². The van der Waals surface area contributed by atoms with Crippen molar-refractivity contribution in [3.8, 4) is 27.7 Å². The van der Waals surface area contributed by atoms with Gasteiger partial charge in [0.25, 0.3) is 0 Å². The van der Waals surface area contributed by atoms with Gasteiger partial charge in [-0.05, 0) is 31.2 Å². The van der Waals surface area contributed by atoms with E-state index in [9.17, 15) is 9.59 Å². The van der Waals surface area contributed by atoms with E-state index in [0.717, 1.165) is 15.3 Å². The molecular weight excluding hydrogens is 442 g/mol. The lowest BCUT2D eigenvalue weighted by molar-refractivity contribution is -0.142. The lowest BCUT2D eigenvalue weighted by Crippen LogP contribution is -2.15. The molecule has 3 aromatic rings. The van der Waals surface area contributed by atoms with E-state index in [2.05, 4.69) is 5.32 Å². The van der Waals surface area contributed by atoms with Crippen LogP contribution in [0.15, 0.2) is 48.5 Å². The van der Waals surface area contributed by atoms with E-state index in [1.807, 2.05) is 36.4 Å². The molecule has 0 aliphatic rings. The van der Waals surface area contributed by atoms with Crippen LogP contribution in [0.1, 0.15) is 17.4 Å². The van der Waals surface area contributed by atoms with Crippen LogP contribution in [0.3, 0.4) is 0 Å². The number of benzene rings is 2. The van der Waals surface area contributed by atoms with Crippen LogP contribution >= 0.6 is 11.3 Å². The summed E-state index contributed by atoms with van der Waals surface area (Å²) in [7, 11) is 4.60. The molecule has 3 rings (SSSR count). The number of carbonyl (C=O) groups excluding carboxylic acids is 2. The molecule has 1 heterocycles. The van der Waals surface area contributed by atoms with Gasteiger partial charge in [-0.15, -0.1) is 11.3 Å². The van der Waals surface area contributed by atoms with E-state index in [-0.39, 0.29) is 24.7 Å². The quantitative estimate of drug-likeness (QED) is 0.433. The molecule has 0 bridgehead atoms. The van der Waals surface area contributed by atoms with E-state index in [0.29, 0.717) is 35.1 Å². The first-order chi connectivity index (χ1) is 16.0. The van der Waals surface area contributed by atoms with Crippen molar-refractivity contribution in [1.82, 2.24) is 0 Å². The third-order valence-corrected chi connectivity index (χ3v) is 6.01. The second-order valence-corrected chi connectivity index (χ2v) is 8.18. The van der Waals surface area contributed by atoms with Gasteiger partial charge in [0.15, 0.2) is 11.5 Å².